The largest absolute Gasteiger partial charge is 0.508 e. The third kappa shape index (κ3) is 1.73. The molecule has 0 radical (unpaired) electrons. The van der Waals surface area contributed by atoms with Crippen molar-refractivity contribution >= 4 is 17.2 Å². The van der Waals surface area contributed by atoms with Crippen LogP contribution in [0.2, 0.25) is 0 Å². The highest BCUT2D eigenvalue weighted by molar-refractivity contribution is 6.22. The van der Waals surface area contributed by atoms with E-state index in [0.717, 1.165) is 34.5 Å². The smallest absolute Gasteiger partial charge is 0.179 e. The molecule has 0 spiro atoms. The Morgan fingerprint density at radius 3 is 2.70 bits per heavy atom. The van der Waals surface area contributed by atoms with Crippen LogP contribution in [-0.4, -0.2) is 16.6 Å². The maximum atomic E-state index is 11.6. The molecule has 1 aromatic rings. The lowest BCUT2D eigenvalue weighted by atomic mass is 9.71. The maximum Gasteiger partial charge on any atom is 0.179 e. The van der Waals surface area contributed by atoms with Crippen LogP contribution in [0, 0.1) is 0 Å². The number of aromatic hydroxyl groups is 1. The van der Waals surface area contributed by atoms with E-state index in [-0.39, 0.29) is 11.2 Å². The molecule has 0 bridgehead atoms. The van der Waals surface area contributed by atoms with Gasteiger partial charge >= 0.3 is 0 Å². The summed E-state index contributed by atoms with van der Waals surface area (Å²) in [6, 6.07) is 3.73. The van der Waals surface area contributed by atoms with Gasteiger partial charge in [-0.25, -0.2) is 4.99 Å². The number of hydrogen-bond donors (Lipinski definition) is 1. The van der Waals surface area contributed by atoms with Gasteiger partial charge in [0.15, 0.2) is 5.78 Å². The van der Waals surface area contributed by atoms with Crippen LogP contribution in [0.25, 0.3) is 0 Å². The first-order valence-corrected chi connectivity index (χ1v) is 6.83. The molecule has 1 heterocycles. The van der Waals surface area contributed by atoms with Crippen molar-refractivity contribution in [2.75, 3.05) is 0 Å². The summed E-state index contributed by atoms with van der Waals surface area (Å²) < 4.78 is 0. The van der Waals surface area contributed by atoms with Crippen molar-refractivity contribution in [2.45, 2.75) is 32.6 Å². The number of aryl methyl sites for hydroxylation is 1. The summed E-state index contributed by atoms with van der Waals surface area (Å²) in [6.45, 7) is 6.13. The minimum Gasteiger partial charge on any atom is -0.508 e. The number of allylic oxidation sites excluding steroid dienone is 4. The van der Waals surface area contributed by atoms with Gasteiger partial charge in [-0.1, -0.05) is 20.8 Å². The van der Waals surface area contributed by atoms with Crippen LogP contribution in [0.1, 0.15) is 31.9 Å². The summed E-state index contributed by atoms with van der Waals surface area (Å²) >= 11 is 0. The van der Waals surface area contributed by atoms with E-state index in [1.165, 1.54) is 0 Å². The van der Waals surface area contributed by atoms with Crippen LogP contribution in [0.3, 0.4) is 0 Å². The Morgan fingerprint density at radius 1 is 1.25 bits per heavy atom. The maximum absolute atomic E-state index is 11.6. The molecule has 0 saturated carbocycles. The predicted octanol–water partition coefficient (Wildman–Crippen LogP) is 3.38. The van der Waals surface area contributed by atoms with Gasteiger partial charge in [0.1, 0.15) is 5.75 Å². The predicted molar refractivity (Wildman–Crippen MR) is 79.8 cm³/mol. The van der Waals surface area contributed by atoms with E-state index in [0.29, 0.717) is 5.75 Å². The van der Waals surface area contributed by atoms with Crippen molar-refractivity contribution in [3.63, 3.8) is 0 Å². The zero-order chi connectivity index (χ0) is 14.5. The van der Waals surface area contributed by atoms with Crippen molar-refractivity contribution in [2.24, 2.45) is 4.99 Å². The molecule has 0 fully saturated rings. The Hall–Kier alpha value is -2.16. The fourth-order valence-corrected chi connectivity index (χ4v) is 2.88. The van der Waals surface area contributed by atoms with E-state index in [2.05, 4.69) is 18.8 Å². The number of carbonyl (C=O) groups excluding carboxylic acids is 1. The minimum absolute atomic E-state index is 0.00937. The average molecular weight is 267 g/mol. The molecule has 0 atom stereocenters. The molecule has 0 amide bonds. The quantitative estimate of drug-likeness (QED) is 0.793. The Balaban J connectivity index is 2.28. The number of phenolic OH excluding ortho intramolecular Hbond substituents is 1. The molecule has 20 heavy (non-hydrogen) atoms. The minimum atomic E-state index is -0.337. The van der Waals surface area contributed by atoms with Crippen LogP contribution < -0.4 is 0 Å². The number of fused-ring (bicyclic) bond motifs is 2. The molecule has 1 aromatic carbocycles. The van der Waals surface area contributed by atoms with E-state index in [9.17, 15) is 9.90 Å². The summed E-state index contributed by atoms with van der Waals surface area (Å²) in [5.41, 5.74) is 4.17. The molecule has 3 nitrogen and oxygen atoms in total. The monoisotopic (exact) mass is 267 g/mol. The van der Waals surface area contributed by atoms with Crippen molar-refractivity contribution in [1.82, 2.24) is 0 Å². The van der Waals surface area contributed by atoms with Gasteiger partial charge in [-0.15, -0.1) is 0 Å². The van der Waals surface area contributed by atoms with Crippen molar-refractivity contribution < 1.29 is 9.90 Å². The van der Waals surface area contributed by atoms with Crippen molar-refractivity contribution in [3.05, 3.63) is 47.1 Å². The summed E-state index contributed by atoms with van der Waals surface area (Å²) in [7, 11) is 0. The SMILES string of the molecule is CCc1cc2c(cc1O)C(C)(C)C1=CC(=O)C=CC1=N2. The summed E-state index contributed by atoms with van der Waals surface area (Å²) in [5.74, 6) is 0.293. The number of hydrogen-bond acceptors (Lipinski definition) is 3. The van der Waals surface area contributed by atoms with Crippen LogP contribution in [-0.2, 0) is 16.6 Å². The first kappa shape index (κ1) is 12.9. The lowest BCUT2D eigenvalue weighted by Gasteiger charge is -2.35. The molecule has 1 aliphatic carbocycles. The summed E-state index contributed by atoms with van der Waals surface area (Å²) in [4.78, 5) is 16.3. The van der Waals surface area contributed by atoms with E-state index >= 15 is 0 Å². The van der Waals surface area contributed by atoms with Crippen LogP contribution in [0.15, 0.2) is 40.9 Å². The second-order valence-electron chi connectivity index (χ2n) is 5.77. The fraction of sp³-hybridized carbons (Fsp3) is 0.294. The molecule has 3 heteroatoms. The molecule has 2 aliphatic rings. The van der Waals surface area contributed by atoms with Gasteiger partial charge in [-0.3, -0.25) is 4.79 Å². The third-order valence-corrected chi connectivity index (χ3v) is 4.13. The van der Waals surface area contributed by atoms with E-state index in [4.69, 9.17) is 0 Å². The van der Waals surface area contributed by atoms with Gasteiger partial charge in [-0.2, -0.15) is 0 Å². The Morgan fingerprint density at radius 2 is 2.00 bits per heavy atom. The fourth-order valence-electron chi connectivity index (χ4n) is 2.88. The van der Waals surface area contributed by atoms with Gasteiger partial charge in [0.2, 0.25) is 0 Å². The van der Waals surface area contributed by atoms with Crippen molar-refractivity contribution in [3.8, 4) is 5.75 Å². The average Bonchev–Trinajstić information content (AvgIpc) is 2.41. The Kier molecular flexibility index (Phi) is 2.68. The lowest BCUT2D eigenvalue weighted by Crippen LogP contribution is -2.30. The Labute approximate surface area is 118 Å². The topological polar surface area (TPSA) is 49.7 Å². The van der Waals surface area contributed by atoms with Gasteiger partial charge in [0, 0.05) is 5.41 Å². The van der Waals surface area contributed by atoms with Gasteiger partial charge in [0.05, 0.1) is 11.4 Å². The van der Waals surface area contributed by atoms with E-state index in [1.807, 2.05) is 13.0 Å². The number of aliphatic imine (C=N–C) groups is 1. The Bertz CT molecular complexity index is 706. The van der Waals surface area contributed by atoms with E-state index in [1.54, 1.807) is 24.3 Å². The molecule has 1 aliphatic heterocycles. The van der Waals surface area contributed by atoms with Crippen LogP contribution >= 0.6 is 0 Å². The van der Waals surface area contributed by atoms with Gasteiger partial charge in [-0.05, 0) is 53.5 Å². The standard InChI is InChI=1S/C17H17NO2/c1-4-10-7-15-13(9-16(10)20)17(2,3)12-8-11(19)5-6-14(12)18-15/h5-9,20H,4H2,1-3H3. The molecular weight excluding hydrogens is 250 g/mol. The molecule has 0 unspecified atom stereocenters. The molecule has 102 valence electrons. The molecule has 0 saturated heterocycles. The number of ketones is 1. The highest BCUT2D eigenvalue weighted by Gasteiger charge is 2.36. The number of phenols is 1. The lowest BCUT2D eigenvalue weighted by molar-refractivity contribution is -0.110. The highest BCUT2D eigenvalue weighted by Crippen LogP contribution is 2.45. The summed E-state index contributed by atoms with van der Waals surface area (Å²) in [6.07, 6.45) is 5.74. The number of benzene rings is 1. The van der Waals surface area contributed by atoms with Crippen molar-refractivity contribution in [1.29, 1.82) is 0 Å². The first-order chi connectivity index (χ1) is 9.43. The molecule has 0 aromatic heterocycles. The zero-order valence-corrected chi connectivity index (χ0v) is 11.9. The zero-order valence-electron chi connectivity index (χ0n) is 11.9. The normalized spacial score (nSPS) is 19.1. The number of nitrogens with zero attached hydrogens (tertiary/aromatic N) is 1. The second-order valence-corrected chi connectivity index (χ2v) is 5.77. The summed E-state index contributed by atoms with van der Waals surface area (Å²) in [5, 5.41) is 10.1. The molecule has 1 N–H and O–H groups in total. The highest BCUT2D eigenvalue weighted by atomic mass is 16.3. The van der Waals surface area contributed by atoms with Crippen LogP contribution in [0.5, 0.6) is 5.75 Å². The molecule has 3 rings (SSSR count). The van der Waals surface area contributed by atoms with Crippen LogP contribution in [0.4, 0.5) is 5.69 Å². The first-order valence-electron chi connectivity index (χ1n) is 6.83. The number of rotatable bonds is 1. The third-order valence-electron chi connectivity index (χ3n) is 4.13. The number of carbonyl (C=O) groups is 1. The van der Waals surface area contributed by atoms with Gasteiger partial charge in [0.25, 0.3) is 0 Å². The van der Waals surface area contributed by atoms with E-state index < -0.39 is 0 Å². The molecular formula is C17H17NO2. The van der Waals surface area contributed by atoms with Gasteiger partial charge < -0.3 is 5.11 Å². The second kappa shape index (κ2) is 4.17.